The van der Waals surface area contributed by atoms with Gasteiger partial charge in [-0.05, 0) is 43.5 Å². The summed E-state index contributed by atoms with van der Waals surface area (Å²) < 4.78 is 24.4. The van der Waals surface area contributed by atoms with E-state index in [1.807, 2.05) is 26.0 Å². The Hall–Kier alpha value is -0.200. The molecule has 0 fully saturated rings. The zero-order valence-electron chi connectivity index (χ0n) is 14.9. The molecular formula is C17H30O3P2. The molecule has 3 nitrogen and oxygen atoms in total. The van der Waals surface area contributed by atoms with Crippen LogP contribution in [-0.2, 0) is 13.6 Å². The molecule has 0 aliphatic carbocycles. The second-order valence-electron chi connectivity index (χ2n) is 5.92. The highest BCUT2D eigenvalue weighted by molar-refractivity contribution is 7.71. The van der Waals surface area contributed by atoms with Gasteiger partial charge in [0, 0.05) is 0 Å². The van der Waals surface area contributed by atoms with Crippen molar-refractivity contribution >= 4 is 26.1 Å². The zero-order chi connectivity index (χ0) is 16.9. The van der Waals surface area contributed by atoms with Gasteiger partial charge in [0.05, 0.1) is 18.5 Å². The molecule has 1 aromatic rings. The van der Waals surface area contributed by atoms with Crippen LogP contribution in [-0.4, -0.2) is 24.5 Å². The molecule has 22 heavy (non-hydrogen) atoms. The van der Waals surface area contributed by atoms with Gasteiger partial charge >= 0.3 is 7.60 Å². The normalized spacial score (nSPS) is 12.6. The van der Waals surface area contributed by atoms with Gasteiger partial charge < -0.3 is 9.05 Å². The van der Waals surface area contributed by atoms with Crippen LogP contribution in [0.25, 0.3) is 0 Å². The van der Waals surface area contributed by atoms with Crippen molar-refractivity contribution in [3.05, 3.63) is 23.8 Å². The summed E-state index contributed by atoms with van der Waals surface area (Å²) in [5.41, 5.74) is 2.23. The topological polar surface area (TPSA) is 35.5 Å². The van der Waals surface area contributed by atoms with E-state index in [4.69, 9.17) is 9.05 Å². The number of benzene rings is 1. The molecule has 0 aliphatic heterocycles. The zero-order valence-corrected chi connectivity index (χ0v) is 16.7. The average molecular weight is 344 g/mol. The fourth-order valence-corrected chi connectivity index (χ4v) is 8.09. The molecule has 0 heterocycles. The highest BCUT2D eigenvalue weighted by Crippen LogP contribution is 2.51. The summed E-state index contributed by atoms with van der Waals surface area (Å²) in [6, 6.07) is 6.11. The first-order valence-corrected chi connectivity index (χ1v) is 11.1. The van der Waals surface area contributed by atoms with Crippen LogP contribution in [0.5, 0.6) is 0 Å². The largest absolute Gasteiger partial charge is 0.361 e. The van der Waals surface area contributed by atoms with Crippen molar-refractivity contribution in [1.82, 2.24) is 0 Å². The highest BCUT2D eigenvalue weighted by atomic mass is 31.2. The van der Waals surface area contributed by atoms with Crippen molar-refractivity contribution in [1.29, 1.82) is 0 Å². The van der Waals surface area contributed by atoms with Crippen LogP contribution < -0.4 is 10.6 Å². The third kappa shape index (κ3) is 4.65. The average Bonchev–Trinajstić information content (AvgIpc) is 2.38. The molecule has 0 atom stereocenters. The maximum atomic E-state index is 13.3. The smallest absolute Gasteiger partial charge is 0.305 e. The molecule has 1 aromatic carbocycles. The van der Waals surface area contributed by atoms with E-state index in [1.54, 1.807) is 0 Å². The number of aryl methyl sites for hydroxylation is 1. The van der Waals surface area contributed by atoms with E-state index in [9.17, 15) is 4.57 Å². The third-order valence-corrected chi connectivity index (χ3v) is 8.92. The Morgan fingerprint density at radius 1 is 1.05 bits per heavy atom. The monoisotopic (exact) mass is 344 g/mol. The molecule has 0 saturated heterocycles. The van der Waals surface area contributed by atoms with Gasteiger partial charge in [-0.3, -0.25) is 4.57 Å². The molecular weight excluding hydrogens is 314 g/mol. The minimum absolute atomic E-state index is 0.381. The van der Waals surface area contributed by atoms with E-state index in [0.717, 1.165) is 5.30 Å². The van der Waals surface area contributed by atoms with Gasteiger partial charge in [-0.1, -0.05) is 53.3 Å². The van der Waals surface area contributed by atoms with E-state index in [1.165, 1.54) is 10.9 Å². The summed E-state index contributed by atoms with van der Waals surface area (Å²) in [6.45, 7) is 15.5. The van der Waals surface area contributed by atoms with Crippen LogP contribution in [0.1, 0.15) is 47.1 Å². The predicted octanol–water partition coefficient (Wildman–Crippen LogP) is 4.81. The van der Waals surface area contributed by atoms with Gasteiger partial charge in [-0.25, -0.2) is 0 Å². The van der Waals surface area contributed by atoms with Crippen LogP contribution in [0.2, 0.25) is 0 Å². The van der Waals surface area contributed by atoms with E-state index in [-0.39, 0.29) is 0 Å². The predicted molar refractivity (Wildman–Crippen MR) is 98.5 cm³/mol. The molecule has 0 radical (unpaired) electrons. The number of rotatable bonds is 8. The Morgan fingerprint density at radius 3 is 1.95 bits per heavy atom. The lowest BCUT2D eigenvalue weighted by atomic mass is 10.2. The van der Waals surface area contributed by atoms with Crippen molar-refractivity contribution in [2.24, 2.45) is 0 Å². The summed E-state index contributed by atoms with van der Waals surface area (Å²) in [5.74, 6) is 0. The lowest BCUT2D eigenvalue weighted by Crippen LogP contribution is -2.30. The van der Waals surface area contributed by atoms with Crippen molar-refractivity contribution < 1.29 is 13.6 Å². The maximum absolute atomic E-state index is 13.3. The summed E-state index contributed by atoms with van der Waals surface area (Å²) >= 11 is 0. The van der Waals surface area contributed by atoms with Gasteiger partial charge in [-0.2, -0.15) is 0 Å². The molecule has 126 valence electrons. The third-order valence-electron chi connectivity index (χ3n) is 3.41. The summed E-state index contributed by atoms with van der Waals surface area (Å²) in [4.78, 5) is 0. The van der Waals surface area contributed by atoms with E-state index in [2.05, 4.69) is 40.7 Å². The molecule has 0 saturated carbocycles. The van der Waals surface area contributed by atoms with Crippen molar-refractivity contribution in [3.63, 3.8) is 0 Å². The number of hydrogen-bond acceptors (Lipinski definition) is 3. The molecule has 0 aliphatic rings. The Bertz CT molecular complexity index is 509. The second kappa shape index (κ2) is 8.60. The molecule has 0 N–H and O–H groups in total. The summed E-state index contributed by atoms with van der Waals surface area (Å²) in [6.07, 6.45) is 0. The Morgan fingerprint density at radius 2 is 1.55 bits per heavy atom. The lowest BCUT2D eigenvalue weighted by Gasteiger charge is -2.30. The Labute approximate surface area is 137 Å². The van der Waals surface area contributed by atoms with Crippen molar-refractivity contribution in [2.45, 2.75) is 59.8 Å². The van der Waals surface area contributed by atoms with Gasteiger partial charge in [0.25, 0.3) is 0 Å². The first-order valence-electron chi connectivity index (χ1n) is 8.05. The second-order valence-corrected chi connectivity index (χ2v) is 11.3. The standard InChI is InChI=1S/C17H30O3P2/c1-8-19-22(18,20-9-2)17-11-10-15(7)12-16(17)21(13(3)4)14(5)6/h10-14H,8-9H2,1-7H3. The summed E-state index contributed by atoms with van der Waals surface area (Å²) in [7, 11) is -3.67. The molecule has 0 spiro atoms. The van der Waals surface area contributed by atoms with Gasteiger partial charge in [0.1, 0.15) is 0 Å². The van der Waals surface area contributed by atoms with Crippen LogP contribution in [0.3, 0.4) is 0 Å². The summed E-state index contributed by atoms with van der Waals surface area (Å²) in [5, 5.41) is 1.93. The molecule has 0 unspecified atom stereocenters. The van der Waals surface area contributed by atoms with Crippen LogP contribution in [0.15, 0.2) is 18.2 Å². The first kappa shape index (κ1) is 19.8. The Balaban J connectivity index is 3.50. The van der Waals surface area contributed by atoms with Crippen LogP contribution in [0, 0.1) is 6.92 Å². The van der Waals surface area contributed by atoms with Gasteiger partial charge in [-0.15, -0.1) is 0 Å². The fraction of sp³-hybridized carbons (Fsp3) is 0.647. The molecule has 0 aromatic heterocycles. The quantitative estimate of drug-likeness (QED) is 0.635. The number of hydrogen-bond donors (Lipinski definition) is 0. The maximum Gasteiger partial charge on any atom is 0.361 e. The lowest BCUT2D eigenvalue weighted by molar-refractivity contribution is 0.230. The molecule has 5 heteroatoms. The van der Waals surface area contributed by atoms with Gasteiger partial charge in [0.15, 0.2) is 0 Å². The molecule has 0 bridgehead atoms. The van der Waals surface area contributed by atoms with Gasteiger partial charge in [0.2, 0.25) is 0 Å². The minimum Gasteiger partial charge on any atom is -0.305 e. The Kier molecular flexibility index (Phi) is 7.75. The molecule has 1 rings (SSSR count). The minimum atomic E-state index is -3.25. The van der Waals surface area contributed by atoms with E-state index < -0.39 is 15.5 Å². The van der Waals surface area contributed by atoms with E-state index in [0.29, 0.717) is 24.5 Å². The SMILES string of the molecule is CCOP(=O)(OCC)c1ccc(C)cc1P(C(C)C)C(C)C. The van der Waals surface area contributed by atoms with Crippen LogP contribution in [0.4, 0.5) is 0 Å². The first-order chi connectivity index (χ1) is 10.3. The molecule has 0 amide bonds. The fourth-order valence-electron chi connectivity index (χ4n) is 2.74. The van der Waals surface area contributed by atoms with Crippen molar-refractivity contribution in [2.75, 3.05) is 13.2 Å². The van der Waals surface area contributed by atoms with Crippen LogP contribution >= 0.6 is 15.5 Å². The van der Waals surface area contributed by atoms with Crippen molar-refractivity contribution in [3.8, 4) is 0 Å². The van der Waals surface area contributed by atoms with E-state index >= 15 is 0 Å². The highest BCUT2D eigenvalue weighted by Gasteiger charge is 2.33.